The fourth-order valence-corrected chi connectivity index (χ4v) is 4.13. The van der Waals surface area contributed by atoms with Gasteiger partial charge >= 0.3 is 5.97 Å². The lowest BCUT2D eigenvalue weighted by molar-refractivity contribution is -0.142. The number of unbranched alkanes of at least 4 members (excludes halogenated alkanes) is 1. The number of carboxylic acid groups (broad SMARTS) is 1. The van der Waals surface area contributed by atoms with Crippen molar-refractivity contribution in [2.75, 3.05) is 0 Å². The Kier molecular flexibility index (Phi) is 7.60. The van der Waals surface area contributed by atoms with E-state index in [0.717, 1.165) is 29.5 Å². The SMILES string of the molecule is CCCC[C@@H](NC(=O)CC(c1ccccc1)(c1ccccc1)c1ccccc1)C(=O)O. The van der Waals surface area contributed by atoms with Crippen LogP contribution in [0.3, 0.4) is 0 Å². The topological polar surface area (TPSA) is 66.4 Å². The Morgan fingerprint density at radius 1 is 0.806 bits per heavy atom. The lowest BCUT2D eigenvalue weighted by atomic mass is 9.67. The van der Waals surface area contributed by atoms with Crippen molar-refractivity contribution in [3.05, 3.63) is 108 Å². The summed E-state index contributed by atoms with van der Waals surface area (Å²) in [5.41, 5.74) is 2.23. The molecule has 0 bridgehead atoms. The normalized spacial score (nSPS) is 12.2. The van der Waals surface area contributed by atoms with Gasteiger partial charge in [0.05, 0.1) is 5.41 Å². The Morgan fingerprint density at radius 3 is 1.58 bits per heavy atom. The van der Waals surface area contributed by atoms with Crippen LogP contribution in [0.4, 0.5) is 0 Å². The van der Waals surface area contributed by atoms with Crippen molar-refractivity contribution < 1.29 is 14.7 Å². The summed E-state index contributed by atoms with van der Waals surface area (Å²) in [7, 11) is 0. The summed E-state index contributed by atoms with van der Waals surface area (Å²) in [6, 6.07) is 28.9. The molecular formula is C27H29NO3. The second kappa shape index (κ2) is 10.6. The van der Waals surface area contributed by atoms with Crippen LogP contribution in [0.5, 0.6) is 0 Å². The molecule has 0 aliphatic carbocycles. The van der Waals surface area contributed by atoms with Crippen molar-refractivity contribution >= 4 is 11.9 Å². The van der Waals surface area contributed by atoms with E-state index in [2.05, 4.69) is 5.32 Å². The van der Waals surface area contributed by atoms with Gasteiger partial charge in [-0.1, -0.05) is 111 Å². The Bertz CT molecular complexity index is 874. The van der Waals surface area contributed by atoms with Gasteiger partial charge in [0.15, 0.2) is 0 Å². The van der Waals surface area contributed by atoms with E-state index in [0.29, 0.717) is 6.42 Å². The minimum absolute atomic E-state index is 0.112. The molecule has 0 aromatic heterocycles. The van der Waals surface area contributed by atoms with E-state index < -0.39 is 17.4 Å². The maximum absolute atomic E-state index is 13.3. The molecule has 31 heavy (non-hydrogen) atoms. The van der Waals surface area contributed by atoms with Gasteiger partial charge in [-0.15, -0.1) is 0 Å². The number of rotatable bonds is 10. The molecule has 0 saturated heterocycles. The van der Waals surface area contributed by atoms with Crippen molar-refractivity contribution in [3.8, 4) is 0 Å². The summed E-state index contributed by atoms with van der Waals surface area (Å²) >= 11 is 0. The number of hydrogen-bond acceptors (Lipinski definition) is 2. The van der Waals surface area contributed by atoms with E-state index in [1.54, 1.807) is 0 Å². The smallest absolute Gasteiger partial charge is 0.326 e. The molecule has 0 heterocycles. The van der Waals surface area contributed by atoms with Crippen molar-refractivity contribution in [2.45, 2.75) is 44.1 Å². The van der Waals surface area contributed by atoms with Crippen molar-refractivity contribution in [3.63, 3.8) is 0 Å². The molecule has 0 spiro atoms. The van der Waals surface area contributed by atoms with E-state index >= 15 is 0 Å². The van der Waals surface area contributed by atoms with Crippen molar-refractivity contribution in [2.24, 2.45) is 0 Å². The van der Waals surface area contributed by atoms with Gasteiger partial charge < -0.3 is 10.4 Å². The van der Waals surface area contributed by atoms with Crippen LogP contribution in [-0.2, 0) is 15.0 Å². The quantitative estimate of drug-likeness (QED) is 0.449. The molecule has 1 atom stereocenters. The maximum atomic E-state index is 13.3. The van der Waals surface area contributed by atoms with Gasteiger partial charge in [-0.25, -0.2) is 4.79 Å². The second-order valence-corrected chi connectivity index (χ2v) is 7.78. The summed E-state index contributed by atoms with van der Waals surface area (Å²) in [6.07, 6.45) is 2.16. The van der Waals surface area contributed by atoms with Crippen molar-refractivity contribution in [1.29, 1.82) is 0 Å². The first-order valence-corrected chi connectivity index (χ1v) is 10.8. The second-order valence-electron chi connectivity index (χ2n) is 7.78. The molecule has 0 radical (unpaired) electrons. The summed E-state index contributed by atoms with van der Waals surface area (Å²) in [4.78, 5) is 25.0. The van der Waals surface area contributed by atoms with E-state index in [1.165, 1.54) is 0 Å². The average Bonchev–Trinajstić information content (AvgIpc) is 2.81. The Hall–Kier alpha value is -3.40. The van der Waals surface area contributed by atoms with Gasteiger partial charge in [-0.05, 0) is 23.1 Å². The first kappa shape index (κ1) is 22.3. The molecule has 3 aromatic rings. The molecule has 4 heteroatoms. The zero-order chi connectivity index (χ0) is 22.1. The highest BCUT2D eigenvalue weighted by atomic mass is 16.4. The summed E-state index contributed by atoms with van der Waals surface area (Å²) in [5.74, 6) is -1.27. The van der Waals surface area contributed by atoms with Crippen LogP contribution in [0.2, 0.25) is 0 Å². The zero-order valence-electron chi connectivity index (χ0n) is 17.8. The number of hydrogen-bond donors (Lipinski definition) is 2. The average molecular weight is 416 g/mol. The fraction of sp³-hybridized carbons (Fsp3) is 0.259. The number of carbonyl (C=O) groups excluding carboxylic acids is 1. The van der Waals surface area contributed by atoms with Crippen LogP contribution < -0.4 is 5.32 Å². The molecule has 160 valence electrons. The van der Waals surface area contributed by atoms with Crippen LogP contribution in [0.25, 0.3) is 0 Å². The summed E-state index contributed by atoms with van der Waals surface area (Å²) in [5, 5.41) is 12.4. The first-order chi connectivity index (χ1) is 15.1. The van der Waals surface area contributed by atoms with Gasteiger partial charge in [0, 0.05) is 6.42 Å². The van der Waals surface area contributed by atoms with Crippen LogP contribution >= 0.6 is 0 Å². The molecule has 1 amide bonds. The first-order valence-electron chi connectivity index (χ1n) is 10.8. The highest BCUT2D eigenvalue weighted by Gasteiger charge is 2.39. The van der Waals surface area contributed by atoms with Gasteiger partial charge in [-0.3, -0.25) is 4.79 Å². The van der Waals surface area contributed by atoms with Gasteiger partial charge in [0.25, 0.3) is 0 Å². The predicted octanol–water partition coefficient (Wildman–Crippen LogP) is 5.17. The van der Waals surface area contributed by atoms with Crippen LogP contribution in [0.1, 0.15) is 49.3 Å². The molecule has 0 aliphatic rings. The Labute approximate surface area is 183 Å². The Balaban J connectivity index is 2.08. The van der Waals surface area contributed by atoms with Crippen LogP contribution in [0, 0.1) is 0 Å². The number of aliphatic carboxylic acids is 1. The molecule has 0 aliphatic heterocycles. The van der Waals surface area contributed by atoms with E-state index in [1.807, 2.05) is 97.9 Å². The van der Waals surface area contributed by atoms with Crippen LogP contribution in [-0.4, -0.2) is 23.0 Å². The number of carbonyl (C=O) groups is 2. The fourth-order valence-electron chi connectivity index (χ4n) is 4.13. The molecule has 3 rings (SSSR count). The molecule has 3 aromatic carbocycles. The minimum Gasteiger partial charge on any atom is -0.480 e. The molecule has 2 N–H and O–H groups in total. The lowest BCUT2D eigenvalue weighted by Gasteiger charge is -2.36. The highest BCUT2D eigenvalue weighted by molar-refractivity contribution is 5.85. The lowest BCUT2D eigenvalue weighted by Crippen LogP contribution is -2.44. The summed E-state index contributed by atoms with van der Waals surface area (Å²) < 4.78 is 0. The third kappa shape index (κ3) is 5.21. The standard InChI is InChI=1S/C27H29NO3/c1-2-3-19-24(26(30)31)28-25(29)20-27(21-13-7-4-8-14-21,22-15-9-5-10-16-22)23-17-11-6-12-18-23/h4-18,24H,2-3,19-20H2,1H3,(H,28,29)(H,30,31)/t24-/m1/s1. The molecule has 0 saturated carbocycles. The molecule has 0 fully saturated rings. The van der Waals surface area contributed by atoms with Gasteiger partial charge in [0.1, 0.15) is 6.04 Å². The van der Waals surface area contributed by atoms with E-state index in [9.17, 15) is 14.7 Å². The van der Waals surface area contributed by atoms with E-state index in [4.69, 9.17) is 0 Å². The third-order valence-corrected chi connectivity index (χ3v) is 5.71. The maximum Gasteiger partial charge on any atom is 0.326 e. The molecule has 4 nitrogen and oxygen atoms in total. The monoisotopic (exact) mass is 415 g/mol. The zero-order valence-corrected chi connectivity index (χ0v) is 17.8. The predicted molar refractivity (Wildman–Crippen MR) is 123 cm³/mol. The summed E-state index contributed by atoms with van der Waals surface area (Å²) in [6.45, 7) is 2.01. The largest absolute Gasteiger partial charge is 0.480 e. The minimum atomic E-state index is -0.994. The molecular weight excluding hydrogens is 386 g/mol. The number of benzene rings is 3. The van der Waals surface area contributed by atoms with Gasteiger partial charge in [0.2, 0.25) is 5.91 Å². The number of amides is 1. The van der Waals surface area contributed by atoms with Crippen molar-refractivity contribution in [1.82, 2.24) is 5.32 Å². The third-order valence-electron chi connectivity index (χ3n) is 5.71. The number of nitrogens with one attached hydrogen (secondary N) is 1. The van der Waals surface area contributed by atoms with Crippen LogP contribution in [0.15, 0.2) is 91.0 Å². The van der Waals surface area contributed by atoms with E-state index in [-0.39, 0.29) is 12.3 Å². The number of carboxylic acids is 1. The highest BCUT2D eigenvalue weighted by Crippen LogP contribution is 2.42. The Morgan fingerprint density at radius 2 is 1.23 bits per heavy atom. The van der Waals surface area contributed by atoms with Gasteiger partial charge in [-0.2, -0.15) is 0 Å². The molecule has 0 unspecified atom stereocenters.